The molecule has 2 heterocycles. The first-order valence-corrected chi connectivity index (χ1v) is 5.79. The van der Waals surface area contributed by atoms with E-state index in [1.807, 2.05) is 29.1 Å². The van der Waals surface area contributed by atoms with Gasteiger partial charge in [0.25, 0.3) is 0 Å². The minimum absolute atomic E-state index is 0.349. The Morgan fingerprint density at radius 3 is 2.53 bits per heavy atom. The molecule has 2 aromatic rings. The summed E-state index contributed by atoms with van der Waals surface area (Å²) < 4.78 is 1.90. The molecule has 0 aromatic carbocycles. The summed E-state index contributed by atoms with van der Waals surface area (Å²) in [5.74, 6) is 0. The molecule has 90 valence electrons. The van der Waals surface area contributed by atoms with Gasteiger partial charge in [-0.2, -0.15) is 5.10 Å². The topological polar surface area (TPSA) is 50.9 Å². The van der Waals surface area contributed by atoms with Crippen molar-refractivity contribution < 1.29 is 5.11 Å². The van der Waals surface area contributed by atoms with E-state index in [0.29, 0.717) is 12.5 Å². The summed E-state index contributed by atoms with van der Waals surface area (Å²) in [6.07, 6.45) is 5.33. The molecule has 17 heavy (non-hydrogen) atoms. The Balaban J connectivity index is 2.05. The Labute approximate surface area is 101 Å². The SMILES string of the molecule is CC(C)n1ccc(CC(O)c2ccncc2)n1. The second kappa shape index (κ2) is 5.10. The van der Waals surface area contributed by atoms with Gasteiger partial charge in [-0.1, -0.05) is 0 Å². The lowest BCUT2D eigenvalue weighted by Gasteiger charge is -2.09. The first-order valence-electron chi connectivity index (χ1n) is 5.79. The monoisotopic (exact) mass is 231 g/mol. The zero-order valence-electron chi connectivity index (χ0n) is 10.1. The van der Waals surface area contributed by atoms with E-state index >= 15 is 0 Å². The van der Waals surface area contributed by atoms with E-state index in [4.69, 9.17) is 0 Å². The van der Waals surface area contributed by atoms with Crippen LogP contribution in [0.15, 0.2) is 36.8 Å². The number of nitrogens with zero attached hydrogens (tertiary/aromatic N) is 3. The van der Waals surface area contributed by atoms with Crippen molar-refractivity contribution in [1.29, 1.82) is 0 Å². The molecule has 0 aliphatic heterocycles. The largest absolute Gasteiger partial charge is 0.388 e. The Hall–Kier alpha value is -1.68. The summed E-state index contributed by atoms with van der Waals surface area (Å²) in [7, 11) is 0. The van der Waals surface area contributed by atoms with E-state index in [9.17, 15) is 5.11 Å². The van der Waals surface area contributed by atoms with E-state index in [2.05, 4.69) is 23.9 Å². The molecule has 0 fully saturated rings. The Morgan fingerprint density at radius 1 is 1.24 bits per heavy atom. The molecule has 0 amide bonds. The van der Waals surface area contributed by atoms with Gasteiger partial charge in [-0.3, -0.25) is 9.67 Å². The van der Waals surface area contributed by atoms with Crippen LogP contribution in [-0.2, 0) is 6.42 Å². The molecule has 1 unspecified atom stereocenters. The predicted octanol–water partition coefficient (Wildman–Crippen LogP) is 2.14. The number of rotatable bonds is 4. The molecule has 4 nitrogen and oxygen atoms in total. The number of aliphatic hydroxyl groups is 1. The summed E-state index contributed by atoms with van der Waals surface area (Å²) in [5.41, 5.74) is 1.78. The molecule has 0 radical (unpaired) electrons. The third-order valence-corrected chi connectivity index (χ3v) is 2.69. The smallest absolute Gasteiger partial charge is 0.0847 e. The van der Waals surface area contributed by atoms with Crippen LogP contribution >= 0.6 is 0 Å². The van der Waals surface area contributed by atoms with Gasteiger partial charge >= 0.3 is 0 Å². The van der Waals surface area contributed by atoms with Crippen molar-refractivity contribution in [2.45, 2.75) is 32.4 Å². The minimum Gasteiger partial charge on any atom is -0.388 e. The van der Waals surface area contributed by atoms with Gasteiger partial charge in [-0.15, -0.1) is 0 Å². The summed E-state index contributed by atoms with van der Waals surface area (Å²) in [6.45, 7) is 4.16. The van der Waals surface area contributed by atoms with Gasteiger partial charge in [0.1, 0.15) is 0 Å². The minimum atomic E-state index is -0.520. The van der Waals surface area contributed by atoms with Crippen LogP contribution < -0.4 is 0 Å². The maximum atomic E-state index is 10.0. The normalized spacial score (nSPS) is 12.9. The lowest BCUT2D eigenvalue weighted by molar-refractivity contribution is 0.176. The highest BCUT2D eigenvalue weighted by atomic mass is 16.3. The Bertz CT molecular complexity index is 465. The second-order valence-electron chi connectivity index (χ2n) is 4.38. The number of aromatic nitrogens is 3. The number of aliphatic hydroxyl groups excluding tert-OH is 1. The summed E-state index contributed by atoms with van der Waals surface area (Å²) >= 11 is 0. The molecule has 0 aliphatic carbocycles. The molecule has 1 N–H and O–H groups in total. The molecule has 0 aliphatic rings. The van der Waals surface area contributed by atoms with E-state index in [1.165, 1.54) is 0 Å². The van der Waals surface area contributed by atoms with Gasteiger partial charge in [0, 0.05) is 31.1 Å². The molecular formula is C13H17N3O. The van der Waals surface area contributed by atoms with Crippen molar-refractivity contribution in [3.63, 3.8) is 0 Å². The fourth-order valence-electron chi connectivity index (χ4n) is 1.68. The molecule has 0 bridgehead atoms. The molecule has 1 atom stereocenters. The lowest BCUT2D eigenvalue weighted by atomic mass is 10.1. The fourth-order valence-corrected chi connectivity index (χ4v) is 1.68. The molecule has 0 spiro atoms. The first-order chi connectivity index (χ1) is 8.16. The van der Waals surface area contributed by atoms with E-state index < -0.39 is 6.10 Å². The van der Waals surface area contributed by atoms with E-state index in [0.717, 1.165) is 11.3 Å². The van der Waals surface area contributed by atoms with Crippen molar-refractivity contribution >= 4 is 0 Å². The average Bonchev–Trinajstić information content (AvgIpc) is 2.79. The molecule has 4 heteroatoms. The highest BCUT2D eigenvalue weighted by molar-refractivity contribution is 5.15. The molecule has 0 saturated heterocycles. The van der Waals surface area contributed by atoms with Crippen molar-refractivity contribution in [2.75, 3.05) is 0 Å². The van der Waals surface area contributed by atoms with Crippen molar-refractivity contribution in [1.82, 2.24) is 14.8 Å². The lowest BCUT2D eigenvalue weighted by Crippen LogP contribution is -2.05. The average molecular weight is 231 g/mol. The van der Waals surface area contributed by atoms with Gasteiger partial charge in [-0.25, -0.2) is 0 Å². The summed E-state index contributed by atoms with van der Waals surface area (Å²) in [6, 6.07) is 5.94. The van der Waals surface area contributed by atoms with Crippen molar-refractivity contribution in [3.8, 4) is 0 Å². The van der Waals surface area contributed by atoms with Gasteiger partial charge in [0.15, 0.2) is 0 Å². The molecule has 2 aromatic heterocycles. The van der Waals surface area contributed by atoms with Crippen LogP contribution in [0, 0.1) is 0 Å². The van der Waals surface area contributed by atoms with Crippen LogP contribution in [0.1, 0.15) is 37.3 Å². The van der Waals surface area contributed by atoms with Crippen LogP contribution in [-0.4, -0.2) is 19.9 Å². The standard InChI is InChI=1S/C13H17N3O/c1-10(2)16-8-5-12(15-16)9-13(17)11-3-6-14-7-4-11/h3-8,10,13,17H,9H2,1-2H3. The Kier molecular flexibility index (Phi) is 3.54. The zero-order valence-corrected chi connectivity index (χ0v) is 10.1. The van der Waals surface area contributed by atoms with Gasteiger partial charge in [0.05, 0.1) is 11.8 Å². The van der Waals surface area contributed by atoms with Gasteiger partial charge < -0.3 is 5.11 Å². The Morgan fingerprint density at radius 2 is 1.94 bits per heavy atom. The van der Waals surface area contributed by atoms with E-state index in [1.54, 1.807) is 12.4 Å². The maximum absolute atomic E-state index is 10.0. The third-order valence-electron chi connectivity index (χ3n) is 2.69. The highest BCUT2D eigenvalue weighted by Gasteiger charge is 2.10. The van der Waals surface area contributed by atoms with Crippen LogP contribution in [0.4, 0.5) is 0 Å². The first kappa shape index (κ1) is 11.8. The third kappa shape index (κ3) is 2.91. The van der Waals surface area contributed by atoms with Gasteiger partial charge in [0.2, 0.25) is 0 Å². The highest BCUT2D eigenvalue weighted by Crippen LogP contribution is 2.16. The quantitative estimate of drug-likeness (QED) is 0.877. The summed E-state index contributed by atoms with van der Waals surface area (Å²) in [4.78, 5) is 3.93. The predicted molar refractivity (Wildman–Crippen MR) is 65.5 cm³/mol. The van der Waals surface area contributed by atoms with Gasteiger partial charge in [-0.05, 0) is 37.6 Å². The van der Waals surface area contributed by atoms with Crippen molar-refractivity contribution in [3.05, 3.63) is 48.0 Å². The van der Waals surface area contributed by atoms with E-state index in [-0.39, 0.29) is 0 Å². The number of hydrogen-bond donors (Lipinski definition) is 1. The number of hydrogen-bond acceptors (Lipinski definition) is 3. The number of pyridine rings is 1. The molecule has 0 saturated carbocycles. The van der Waals surface area contributed by atoms with Crippen LogP contribution in [0.5, 0.6) is 0 Å². The molecular weight excluding hydrogens is 214 g/mol. The zero-order chi connectivity index (χ0) is 12.3. The summed E-state index contributed by atoms with van der Waals surface area (Å²) in [5, 5.41) is 14.5. The second-order valence-corrected chi connectivity index (χ2v) is 4.38. The van der Waals surface area contributed by atoms with Crippen molar-refractivity contribution in [2.24, 2.45) is 0 Å². The fraction of sp³-hybridized carbons (Fsp3) is 0.385. The van der Waals surface area contributed by atoms with Crippen LogP contribution in [0.25, 0.3) is 0 Å². The maximum Gasteiger partial charge on any atom is 0.0847 e. The van der Waals surface area contributed by atoms with Crippen LogP contribution in [0.3, 0.4) is 0 Å². The van der Waals surface area contributed by atoms with Crippen LogP contribution in [0.2, 0.25) is 0 Å². The molecule has 2 rings (SSSR count).